The molecule has 0 bridgehead atoms. The molecule has 0 aliphatic rings. The van der Waals surface area contributed by atoms with Crippen LogP contribution in [0.15, 0.2) is 12.4 Å². The van der Waals surface area contributed by atoms with Crippen LogP contribution in [-0.2, 0) is 16.1 Å². The summed E-state index contributed by atoms with van der Waals surface area (Å²) in [5.74, 6) is 1.15. The second-order valence-corrected chi connectivity index (χ2v) is 4.94. The van der Waals surface area contributed by atoms with Gasteiger partial charge in [-0.2, -0.15) is 0 Å². The molecule has 4 nitrogen and oxygen atoms in total. The van der Waals surface area contributed by atoms with Crippen molar-refractivity contribution in [3.63, 3.8) is 0 Å². The van der Waals surface area contributed by atoms with E-state index in [2.05, 4.69) is 18.8 Å². The van der Waals surface area contributed by atoms with Crippen molar-refractivity contribution >= 4 is 5.97 Å². The molecule has 0 unspecified atom stereocenters. The number of carbonyl (C=O) groups is 1. The lowest BCUT2D eigenvalue weighted by atomic mass is 9.93. The smallest absolute Gasteiger partial charge is 0.313 e. The maximum absolute atomic E-state index is 11.6. The zero-order valence-electron chi connectivity index (χ0n) is 10.7. The van der Waals surface area contributed by atoms with Gasteiger partial charge in [0.25, 0.3) is 0 Å². The topological polar surface area (TPSA) is 44.1 Å². The van der Waals surface area contributed by atoms with Crippen molar-refractivity contribution in [2.45, 2.75) is 40.2 Å². The van der Waals surface area contributed by atoms with Gasteiger partial charge in [0.1, 0.15) is 5.82 Å². The minimum absolute atomic E-state index is 0.198. The number of methoxy groups -OCH3 is 1. The first kappa shape index (κ1) is 12.7. The highest BCUT2D eigenvalue weighted by Crippen LogP contribution is 2.22. The molecule has 0 aliphatic carbocycles. The fraction of sp³-hybridized carbons (Fsp3) is 0.667. The Morgan fingerprint density at radius 2 is 2.19 bits per heavy atom. The fourth-order valence-electron chi connectivity index (χ4n) is 1.72. The first-order chi connectivity index (χ1) is 7.38. The van der Waals surface area contributed by atoms with E-state index in [1.807, 2.05) is 24.6 Å². The molecule has 1 aromatic rings. The molecule has 0 atom stereocenters. The quantitative estimate of drug-likeness (QED) is 0.736. The maximum atomic E-state index is 11.6. The van der Waals surface area contributed by atoms with Crippen LogP contribution in [-0.4, -0.2) is 22.6 Å². The van der Waals surface area contributed by atoms with Crippen molar-refractivity contribution in [1.29, 1.82) is 0 Å². The molecule has 16 heavy (non-hydrogen) atoms. The van der Waals surface area contributed by atoms with E-state index in [0.29, 0.717) is 12.5 Å². The Morgan fingerprint density at radius 1 is 1.56 bits per heavy atom. The van der Waals surface area contributed by atoms with Crippen LogP contribution < -0.4 is 0 Å². The van der Waals surface area contributed by atoms with Gasteiger partial charge in [-0.1, -0.05) is 13.8 Å². The van der Waals surface area contributed by atoms with E-state index in [9.17, 15) is 4.79 Å². The number of imidazole rings is 1. The minimum atomic E-state index is -0.529. The van der Waals surface area contributed by atoms with E-state index < -0.39 is 5.41 Å². The summed E-state index contributed by atoms with van der Waals surface area (Å²) in [4.78, 5) is 15.9. The molecule has 0 fully saturated rings. The third-order valence-electron chi connectivity index (χ3n) is 2.57. The Balaban J connectivity index is 2.88. The van der Waals surface area contributed by atoms with E-state index >= 15 is 0 Å². The first-order valence-corrected chi connectivity index (χ1v) is 5.48. The monoisotopic (exact) mass is 224 g/mol. The Kier molecular flexibility index (Phi) is 3.73. The summed E-state index contributed by atoms with van der Waals surface area (Å²) in [6.45, 7) is 8.52. The lowest BCUT2D eigenvalue weighted by Crippen LogP contribution is -2.31. The van der Waals surface area contributed by atoms with Gasteiger partial charge in [0.05, 0.1) is 12.5 Å². The van der Waals surface area contributed by atoms with Gasteiger partial charge in [-0.25, -0.2) is 4.98 Å². The van der Waals surface area contributed by atoms with Gasteiger partial charge >= 0.3 is 5.97 Å². The molecule has 0 aliphatic heterocycles. The summed E-state index contributed by atoms with van der Waals surface area (Å²) in [7, 11) is 1.42. The van der Waals surface area contributed by atoms with Gasteiger partial charge in [-0.05, 0) is 13.8 Å². The van der Waals surface area contributed by atoms with Crippen LogP contribution in [0.4, 0.5) is 0 Å². The van der Waals surface area contributed by atoms with Gasteiger partial charge < -0.3 is 9.30 Å². The highest BCUT2D eigenvalue weighted by Gasteiger charge is 2.30. The number of ether oxygens (including phenoxy) is 1. The third-order valence-corrected chi connectivity index (χ3v) is 2.57. The molecule has 0 saturated carbocycles. The van der Waals surface area contributed by atoms with Crippen molar-refractivity contribution in [3.05, 3.63) is 18.2 Å². The molecule has 0 aromatic carbocycles. The van der Waals surface area contributed by atoms with E-state index in [4.69, 9.17) is 4.74 Å². The van der Waals surface area contributed by atoms with E-state index in [-0.39, 0.29) is 5.97 Å². The zero-order chi connectivity index (χ0) is 12.3. The first-order valence-electron chi connectivity index (χ1n) is 5.48. The lowest BCUT2D eigenvalue weighted by Gasteiger charge is -2.23. The molecule has 0 N–H and O–H groups in total. The summed E-state index contributed by atoms with van der Waals surface area (Å²) in [6.07, 6.45) is 3.67. The fourth-order valence-corrected chi connectivity index (χ4v) is 1.72. The molecule has 0 saturated heterocycles. The number of esters is 1. The third kappa shape index (κ3) is 2.62. The maximum Gasteiger partial charge on any atom is 0.313 e. The van der Waals surface area contributed by atoms with Crippen molar-refractivity contribution < 1.29 is 9.53 Å². The van der Waals surface area contributed by atoms with Crippen LogP contribution >= 0.6 is 0 Å². The van der Waals surface area contributed by atoms with Crippen LogP contribution in [0.1, 0.15) is 39.4 Å². The molecule has 90 valence electrons. The minimum Gasteiger partial charge on any atom is -0.469 e. The molecular formula is C12H20N2O2. The molecule has 1 heterocycles. The summed E-state index contributed by atoms with van der Waals surface area (Å²) in [6, 6.07) is 0. The van der Waals surface area contributed by atoms with Crippen molar-refractivity contribution in [3.8, 4) is 0 Å². The molecule has 1 aromatic heterocycles. The summed E-state index contributed by atoms with van der Waals surface area (Å²) < 4.78 is 6.81. The summed E-state index contributed by atoms with van der Waals surface area (Å²) in [5, 5.41) is 0. The van der Waals surface area contributed by atoms with Crippen molar-refractivity contribution in [2.24, 2.45) is 5.41 Å². The van der Waals surface area contributed by atoms with Crippen LogP contribution in [0.3, 0.4) is 0 Å². The van der Waals surface area contributed by atoms with Gasteiger partial charge in [0.15, 0.2) is 0 Å². The van der Waals surface area contributed by atoms with E-state index in [1.165, 1.54) is 7.11 Å². The zero-order valence-corrected chi connectivity index (χ0v) is 10.7. The van der Waals surface area contributed by atoms with E-state index in [1.54, 1.807) is 6.20 Å². The van der Waals surface area contributed by atoms with Crippen LogP contribution in [0.2, 0.25) is 0 Å². The van der Waals surface area contributed by atoms with Gasteiger partial charge in [0, 0.05) is 24.9 Å². The van der Waals surface area contributed by atoms with Crippen LogP contribution in [0.5, 0.6) is 0 Å². The number of nitrogens with zero attached hydrogens (tertiary/aromatic N) is 2. The van der Waals surface area contributed by atoms with E-state index in [0.717, 1.165) is 5.82 Å². The normalized spacial score (nSPS) is 11.9. The summed E-state index contributed by atoms with van der Waals surface area (Å²) >= 11 is 0. The number of rotatable bonds is 4. The summed E-state index contributed by atoms with van der Waals surface area (Å²) in [5.41, 5.74) is -0.529. The van der Waals surface area contributed by atoms with Gasteiger partial charge in [0.2, 0.25) is 0 Å². The van der Waals surface area contributed by atoms with Crippen molar-refractivity contribution in [2.75, 3.05) is 7.11 Å². The van der Waals surface area contributed by atoms with Crippen molar-refractivity contribution in [1.82, 2.24) is 9.55 Å². The SMILES string of the molecule is COC(=O)C(C)(C)Cn1ccnc1C(C)C. The predicted molar refractivity (Wildman–Crippen MR) is 62.1 cm³/mol. The lowest BCUT2D eigenvalue weighted by molar-refractivity contribution is -0.151. The number of hydrogen-bond acceptors (Lipinski definition) is 3. The molecule has 1 rings (SSSR count). The highest BCUT2D eigenvalue weighted by molar-refractivity contribution is 5.75. The Bertz CT molecular complexity index is 367. The molecular weight excluding hydrogens is 204 g/mol. The Labute approximate surface area is 96.6 Å². The predicted octanol–water partition coefficient (Wildman–Crippen LogP) is 2.21. The largest absolute Gasteiger partial charge is 0.469 e. The highest BCUT2D eigenvalue weighted by atomic mass is 16.5. The Morgan fingerprint density at radius 3 is 2.69 bits per heavy atom. The second kappa shape index (κ2) is 4.68. The van der Waals surface area contributed by atoms with Crippen LogP contribution in [0, 0.1) is 5.41 Å². The molecule has 0 spiro atoms. The average molecular weight is 224 g/mol. The van der Waals surface area contributed by atoms with Gasteiger partial charge in [-0.15, -0.1) is 0 Å². The molecule has 0 radical (unpaired) electrons. The Hall–Kier alpha value is -1.32. The molecule has 4 heteroatoms. The number of hydrogen-bond donors (Lipinski definition) is 0. The second-order valence-electron chi connectivity index (χ2n) is 4.94. The number of carbonyl (C=O) groups excluding carboxylic acids is 1. The van der Waals surface area contributed by atoms with Gasteiger partial charge in [-0.3, -0.25) is 4.79 Å². The number of aromatic nitrogens is 2. The average Bonchev–Trinajstić information content (AvgIpc) is 2.63. The van der Waals surface area contributed by atoms with Crippen LogP contribution in [0.25, 0.3) is 0 Å². The molecule has 0 amide bonds. The standard InChI is InChI=1S/C12H20N2O2/c1-9(2)10-13-6-7-14(10)8-12(3,4)11(15)16-5/h6-7,9H,8H2,1-5H3.